The van der Waals surface area contributed by atoms with Crippen LogP contribution in [-0.2, 0) is 11.3 Å². The number of hydrogen-bond acceptors (Lipinski definition) is 3. The van der Waals surface area contributed by atoms with Crippen molar-refractivity contribution < 1.29 is 9.18 Å². The third-order valence-electron chi connectivity index (χ3n) is 5.57. The summed E-state index contributed by atoms with van der Waals surface area (Å²) in [6.07, 6.45) is 3.61. The number of benzene rings is 2. The van der Waals surface area contributed by atoms with Crippen LogP contribution in [0.3, 0.4) is 0 Å². The Morgan fingerprint density at radius 1 is 1.03 bits per heavy atom. The smallest absolute Gasteiger partial charge is 0.167 e. The highest BCUT2D eigenvalue weighted by Crippen LogP contribution is 2.42. The van der Waals surface area contributed by atoms with Crippen molar-refractivity contribution >= 4 is 11.9 Å². The maximum Gasteiger partial charge on any atom is 0.167 e. The first-order chi connectivity index (χ1) is 14.5. The molecule has 0 bridgehead atoms. The largest absolute Gasteiger partial charge is 0.294 e. The molecule has 0 N–H and O–H groups in total. The maximum absolute atomic E-state index is 14.5. The molecule has 1 aliphatic rings. The number of aromatic nitrogens is 1. The summed E-state index contributed by atoms with van der Waals surface area (Å²) in [6.45, 7) is 4.87. The van der Waals surface area contributed by atoms with Crippen LogP contribution >= 0.6 is 0 Å². The normalized spacial score (nSPS) is 20.4. The number of carbonyl (C=O) groups excluding carboxylic acids is 1. The molecule has 1 fully saturated rings. The van der Waals surface area contributed by atoms with Gasteiger partial charge in [0, 0.05) is 35.8 Å². The summed E-state index contributed by atoms with van der Waals surface area (Å²) in [5, 5.41) is 0. The highest BCUT2D eigenvalue weighted by molar-refractivity contribution is 6.05. The second-order valence-electron chi connectivity index (χ2n) is 8.38. The molecule has 0 spiro atoms. The lowest BCUT2D eigenvalue weighted by Gasteiger charge is -2.44. The SMILES string of the molecule is CC1(C)CN(Cc2ccccc2F)C(c2ccccc2)C(=Cc2ccccn2)C1=O. The van der Waals surface area contributed by atoms with Crippen LogP contribution < -0.4 is 0 Å². The molecule has 1 aromatic heterocycles. The predicted molar refractivity (Wildman–Crippen MR) is 117 cm³/mol. The van der Waals surface area contributed by atoms with Gasteiger partial charge in [0.05, 0.1) is 11.7 Å². The van der Waals surface area contributed by atoms with Crippen LogP contribution in [0.4, 0.5) is 4.39 Å². The Labute approximate surface area is 176 Å². The molecule has 0 amide bonds. The van der Waals surface area contributed by atoms with Gasteiger partial charge in [0.25, 0.3) is 0 Å². The molecule has 0 radical (unpaired) electrons. The number of nitrogens with zero attached hydrogens (tertiary/aromatic N) is 2. The number of pyridine rings is 1. The number of ketones is 1. The second-order valence-corrected chi connectivity index (χ2v) is 8.38. The van der Waals surface area contributed by atoms with E-state index in [0.717, 1.165) is 11.3 Å². The highest BCUT2D eigenvalue weighted by atomic mass is 19.1. The predicted octanol–water partition coefficient (Wildman–Crippen LogP) is 5.46. The molecule has 152 valence electrons. The number of likely N-dealkylation sites (tertiary alicyclic amines) is 1. The Bertz CT molecular complexity index is 1060. The van der Waals surface area contributed by atoms with Crippen LogP contribution in [0.2, 0.25) is 0 Å². The average molecular weight is 400 g/mol. The third-order valence-corrected chi connectivity index (χ3v) is 5.57. The summed E-state index contributed by atoms with van der Waals surface area (Å²) in [6, 6.07) is 22.2. The average Bonchev–Trinajstić information content (AvgIpc) is 2.75. The van der Waals surface area contributed by atoms with Gasteiger partial charge in [0.2, 0.25) is 0 Å². The summed E-state index contributed by atoms with van der Waals surface area (Å²) in [5.41, 5.74) is 2.48. The van der Waals surface area contributed by atoms with Gasteiger partial charge in [-0.3, -0.25) is 14.7 Å². The van der Waals surface area contributed by atoms with Crippen molar-refractivity contribution in [2.75, 3.05) is 6.54 Å². The quantitative estimate of drug-likeness (QED) is 0.546. The van der Waals surface area contributed by atoms with E-state index in [0.29, 0.717) is 24.2 Å². The minimum atomic E-state index is -0.586. The Kier molecular flexibility index (Phi) is 5.60. The number of rotatable bonds is 4. The summed E-state index contributed by atoms with van der Waals surface area (Å²) in [7, 11) is 0. The molecule has 4 rings (SSSR count). The van der Waals surface area contributed by atoms with E-state index in [1.54, 1.807) is 12.3 Å². The van der Waals surface area contributed by atoms with E-state index in [-0.39, 0.29) is 17.6 Å². The van der Waals surface area contributed by atoms with Gasteiger partial charge in [-0.15, -0.1) is 0 Å². The number of carbonyl (C=O) groups is 1. The van der Waals surface area contributed by atoms with Crippen LogP contribution in [0.15, 0.2) is 84.6 Å². The zero-order valence-electron chi connectivity index (χ0n) is 17.3. The van der Waals surface area contributed by atoms with E-state index in [1.807, 2.05) is 80.6 Å². The summed E-state index contributed by atoms with van der Waals surface area (Å²) < 4.78 is 14.5. The van der Waals surface area contributed by atoms with E-state index in [1.165, 1.54) is 6.07 Å². The standard InChI is InChI=1S/C26H25FN2O/c1-26(2)18-29(17-20-12-6-7-14-23(20)27)24(19-10-4-3-5-11-19)22(25(26)30)16-21-13-8-9-15-28-21/h3-16,24H,17-18H2,1-2H3. The molecule has 1 unspecified atom stereocenters. The number of hydrogen-bond donors (Lipinski definition) is 0. The van der Waals surface area contributed by atoms with Gasteiger partial charge in [0.1, 0.15) is 5.82 Å². The molecule has 3 aromatic rings. The van der Waals surface area contributed by atoms with Gasteiger partial charge < -0.3 is 0 Å². The van der Waals surface area contributed by atoms with Crippen molar-refractivity contribution in [2.45, 2.75) is 26.4 Å². The number of halogens is 1. The lowest BCUT2D eigenvalue weighted by Crippen LogP contribution is -2.49. The van der Waals surface area contributed by atoms with Crippen molar-refractivity contribution in [1.29, 1.82) is 0 Å². The van der Waals surface area contributed by atoms with Crippen LogP contribution in [-0.4, -0.2) is 22.2 Å². The third kappa shape index (κ3) is 4.10. The Morgan fingerprint density at radius 2 is 1.73 bits per heavy atom. The summed E-state index contributed by atoms with van der Waals surface area (Å²) in [4.78, 5) is 20.1. The van der Waals surface area contributed by atoms with Gasteiger partial charge in [-0.05, 0) is 29.8 Å². The molecule has 0 aliphatic carbocycles. The van der Waals surface area contributed by atoms with E-state index in [9.17, 15) is 9.18 Å². The topological polar surface area (TPSA) is 33.2 Å². The number of piperidine rings is 1. The number of Topliss-reactive ketones (excluding diaryl/α,β-unsaturated/α-hetero) is 1. The van der Waals surface area contributed by atoms with E-state index >= 15 is 0 Å². The molecule has 0 saturated carbocycles. The van der Waals surface area contributed by atoms with Crippen molar-refractivity contribution in [3.8, 4) is 0 Å². The van der Waals surface area contributed by atoms with Crippen molar-refractivity contribution in [2.24, 2.45) is 5.41 Å². The molecule has 1 atom stereocenters. The van der Waals surface area contributed by atoms with Crippen molar-refractivity contribution in [3.05, 3.63) is 107 Å². The Hall–Kier alpha value is -3.11. The van der Waals surface area contributed by atoms with Gasteiger partial charge in [-0.1, -0.05) is 68.4 Å². The van der Waals surface area contributed by atoms with E-state index < -0.39 is 5.41 Å². The monoisotopic (exact) mass is 400 g/mol. The van der Waals surface area contributed by atoms with Gasteiger partial charge in [-0.25, -0.2) is 4.39 Å². The lowest BCUT2D eigenvalue weighted by atomic mass is 9.74. The minimum Gasteiger partial charge on any atom is -0.294 e. The first kappa shape index (κ1) is 20.2. The molecule has 30 heavy (non-hydrogen) atoms. The van der Waals surface area contributed by atoms with Gasteiger partial charge in [0.15, 0.2) is 5.78 Å². The molecule has 4 heteroatoms. The van der Waals surface area contributed by atoms with E-state index in [2.05, 4.69) is 9.88 Å². The Morgan fingerprint density at radius 3 is 2.43 bits per heavy atom. The minimum absolute atomic E-state index is 0.104. The highest BCUT2D eigenvalue weighted by Gasteiger charge is 2.44. The van der Waals surface area contributed by atoms with Crippen LogP contribution in [0.25, 0.3) is 6.08 Å². The van der Waals surface area contributed by atoms with Crippen molar-refractivity contribution in [1.82, 2.24) is 9.88 Å². The first-order valence-electron chi connectivity index (χ1n) is 10.2. The molecular formula is C26H25FN2O. The Balaban J connectivity index is 1.84. The van der Waals surface area contributed by atoms with Gasteiger partial charge >= 0.3 is 0 Å². The maximum atomic E-state index is 14.5. The first-order valence-corrected chi connectivity index (χ1v) is 10.2. The van der Waals surface area contributed by atoms with Crippen LogP contribution in [0.5, 0.6) is 0 Å². The van der Waals surface area contributed by atoms with Crippen molar-refractivity contribution in [3.63, 3.8) is 0 Å². The molecule has 2 heterocycles. The van der Waals surface area contributed by atoms with Crippen LogP contribution in [0, 0.1) is 11.2 Å². The van der Waals surface area contributed by atoms with Crippen LogP contribution in [0.1, 0.15) is 36.7 Å². The van der Waals surface area contributed by atoms with Gasteiger partial charge in [-0.2, -0.15) is 0 Å². The second kappa shape index (κ2) is 8.33. The fraction of sp³-hybridized carbons (Fsp3) is 0.231. The van der Waals surface area contributed by atoms with E-state index in [4.69, 9.17) is 0 Å². The zero-order chi connectivity index (χ0) is 21.1. The summed E-state index contributed by atoms with van der Waals surface area (Å²) >= 11 is 0. The summed E-state index contributed by atoms with van der Waals surface area (Å²) in [5.74, 6) is -0.124. The molecule has 3 nitrogen and oxygen atoms in total. The lowest BCUT2D eigenvalue weighted by molar-refractivity contribution is -0.128. The molecule has 1 aliphatic heterocycles. The zero-order valence-corrected chi connectivity index (χ0v) is 17.3. The fourth-order valence-electron chi connectivity index (χ4n) is 4.17. The molecule has 2 aromatic carbocycles. The molecule has 1 saturated heterocycles. The fourth-order valence-corrected chi connectivity index (χ4v) is 4.17. The molecular weight excluding hydrogens is 375 g/mol.